The number of halogens is 1. The maximum Gasteiger partial charge on any atom is 0.229 e. The molecule has 2 aromatic rings. The van der Waals surface area contributed by atoms with Crippen molar-refractivity contribution < 1.29 is 9.18 Å². The summed E-state index contributed by atoms with van der Waals surface area (Å²) in [4.78, 5) is 19.1. The Kier molecular flexibility index (Phi) is 5.37. The second kappa shape index (κ2) is 7.88. The fourth-order valence-electron chi connectivity index (χ4n) is 3.24. The van der Waals surface area contributed by atoms with E-state index in [2.05, 4.69) is 10.9 Å². The van der Waals surface area contributed by atoms with Crippen molar-refractivity contribution in [3.8, 4) is 12.3 Å². The van der Waals surface area contributed by atoms with Crippen molar-refractivity contribution in [1.82, 2.24) is 4.90 Å². The van der Waals surface area contributed by atoms with Crippen LogP contribution in [0.25, 0.3) is 0 Å². The minimum atomic E-state index is -0.376. The molecule has 3 rings (SSSR count). The topological polar surface area (TPSA) is 58.7 Å². The Balaban J connectivity index is 2.20. The van der Waals surface area contributed by atoms with Crippen LogP contribution in [0, 0.1) is 18.2 Å². The third kappa shape index (κ3) is 3.75. The molecule has 1 saturated heterocycles. The third-order valence-electron chi connectivity index (χ3n) is 4.55. The van der Waals surface area contributed by atoms with Crippen molar-refractivity contribution in [3.05, 3.63) is 77.2 Å². The number of likely N-dealkylation sites (N-methyl/N-ethyl adjacent to an activating group) is 1. The lowest BCUT2D eigenvalue weighted by Gasteiger charge is -2.35. The van der Waals surface area contributed by atoms with Gasteiger partial charge in [0.1, 0.15) is 11.7 Å². The molecule has 0 bridgehead atoms. The Morgan fingerprint density at radius 1 is 1.26 bits per heavy atom. The number of nitrogens with zero attached hydrogens (tertiary/aromatic N) is 2. The maximum absolute atomic E-state index is 13.4. The number of carbonyl (C=O) groups is 1. The van der Waals surface area contributed by atoms with E-state index in [-0.39, 0.29) is 29.8 Å². The van der Waals surface area contributed by atoms with Gasteiger partial charge in [0.05, 0.1) is 11.4 Å². The van der Waals surface area contributed by atoms with Crippen LogP contribution in [0.5, 0.6) is 0 Å². The van der Waals surface area contributed by atoms with Crippen LogP contribution in [0.2, 0.25) is 0 Å². The number of hydrogen-bond donors (Lipinski definition) is 1. The van der Waals surface area contributed by atoms with Crippen molar-refractivity contribution in [2.24, 2.45) is 10.7 Å². The van der Waals surface area contributed by atoms with Crippen molar-refractivity contribution in [3.63, 3.8) is 0 Å². The minimum Gasteiger partial charge on any atom is -0.392 e. The molecule has 0 spiro atoms. The predicted octanol–water partition coefficient (Wildman–Crippen LogP) is 3.74. The average molecular weight is 361 g/mol. The highest BCUT2D eigenvalue weighted by Crippen LogP contribution is 2.36. The van der Waals surface area contributed by atoms with E-state index in [1.807, 2.05) is 37.3 Å². The van der Waals surface area contributed by atoms with Crippen LogP contribution in [0.15, 0.2) is 70.9 Å². The van der Waals surface area contributed by atoms with Gasteiger partial charge >= 0.3 is 0 Å². The molecule has 2 N–H and O–H groups in total. The Morgan fingerprint density at radius 3 is 2.52 bits per heavy atom. The molecule has 1 heterocycles. The summed E-state index contributed by atoms with van der Waals surface area (Å²) in [5.74, 6) is 2.14. The number of para-hydroxylation sites is 1. The maximum atomic E-state index is 13.4. The number of benzene rings is 2. The highest BCUT2D eigenvalue weighted by molar-refractivity contribution is 6.13. The molecule has 0 saturated carbocycles. The van der Waals surface area contributed by atoms with Gasteiger partial charge in [0, 0.05) is 24.5 Å². The largest absolute Gasteiger partial charge is 0.392 e. The zero-order valence-electron chi connectivity index (χ0n) is 15.0. The highest BCUT2D eigenvalue weighted by Gasteiger charge is 2.37. The molecule has 1 amide bonds. The van der Waals surface area contributed by atoms with Crippen LogP contribution < -0.4 is 5.73 Å². The molecular weight excluding hydrogens is 341 g/mol. The number of carbonyl (C=O) groups excluding carboxylic acids is 1. The Bertz CT molecular complexity index is 940. The molecule has 0 aliphatic carbocycles. The van der Waals surface area contributed by atoms with E-state index >= 15 is 0 Å². The number of likely N-dealkylation sites (tertiary alicyclic amines) is 1. The SMILES string of the molecule is C#C/C(N)=C1/C(=Nc2ccccc2)N(CC)C(=O)C[C@H]1c1ccc(F)cc1. The molecule has 1 fully saturated rings. The Morgan fingerprint density at radius 2 is 1.93 bits per heavy atom. The fraction of sp³-hybridized carbons (Fsp3) is 0.182. The molecule has 4 nitrogen and oxygen atoms in total. The minimum absolute atomic E-state index is 0.0740. The van der Waals surface area contributed by atoms with Gasteiger partial charge < -0.3 is 5.73 Å². The first-order valence-corrected chi connectivity index (χ1v) is 8.71. The molecule has 5 heteroatoms. The third-order valence-corrected chi connectivity index (χ3v) is 4.55. The molecule has 1 aliphatic rings. The number of rotatable bonds is 3. The number of amidine groups is 1. The number of terminal acetylenes is 1. The lowest BCUT2D eigenvalue weighted by Crippen LogP contribution is -2.45. The van der Waals surface area contributed by atoms with Gasteiger partial charge in [-0.25, -0.2) is 9.38 Å². The number of amides is 1. The predicted molar refractivity (Wildman–Crippen MR) is 105 cm³/mol. The first kappa shape index (κ1) is 18.4. The summed E-state index contributed by atoms with van der Waals surface area (Å²) in [6.07, 6.45) is 5.79. The van der Waals surface area contributed by atoms with E-state index < -0.39 is 0 Å². The van der Waals surface area contributed by atoms with Gasteiger partial charge in [-0.1, -0.05) is 36.3 Å². The van der Waals surface area contributed by atoms with E-state index in [0.29, 0.717) is 23.6 Å². The zero-order chi connectivity index (χ0) is 19.4. The van der Waals surface area contributed by atoms with Gasteiger partial charge in [0.2, 0.25) is 5.91 Å². The van der Waals surface area contributed by atoms with Gasteiger partial charge in [-0.15, -0.1) is 6.42 Å². The smallest absolute Gasteiger partial charge is 0.229 e. The van der Waals surface area contributed by atoms with E-state index in [9.17, 15) is 9.18 Å². The summed E-state index contributed by atoms with van der Waals surface area (Å²) in [7, 11) is 0. The first-order chi connectivity index (χ1) is 13.0. The Labute approximate surface area is 158 Å². The van der Waals surface area contributed by atoms with Gasteiger partial charge in [0.15, 0.2) is 0 Å². The summed E-state index contributed by atoms with van der Waals surface area (Å²) < 4.78 is 13.4. The Hall–Kier alpha value is -3.39. The number of hydrogen-bond acceptors (Lipinski definition) is 3. The molecule has 0 aromatic heterocycles. The number of aliphatic imine (C=N–C) groups is 1. The summed E-state index contributed by atoms with van der Waals surface area (Å²) in [5.41, 5.74) is 8.48. The average Bonchev–Trinajstić information content (AvgIpc) is 2.68. The first-order valence-electron chi connectivity index (χ1n) is 8.71. The van der Waals surface area contributed by atoms with Crippen LogP contribution in [0.3, 0.4) is 0 Å². The molecule has 0 radical (unpaired) electrons. The van der Waals surface area contributed by atoms with Gasteiger partial charge in [0.25, 0.3) is 0 Å². The van der Waals surface area contributed by atoms with Crippen LogP contribution in [-0.4, -0.2) is 23.2 Å². The van der Waals surface area contributed by atoms with Crippen LogP contribution in [0.4, 0.5) is 10.1 Å². The van der Waals surface area contributed by atoms with Crippen LogP contribution in [-0.2, 0) is 4.79 Å². The second-order valence-electron chi connectivity index (χ2n) is 6.19. The molecule has 1 atom stereocenters. The van der Waals surface area contributed by atoms with Gasteiger partial charge in [-0.3, -0.25) is 9.69 Å². The van der Waals surface area contributed by atoms with Crippen molar-refractivity contribution in [2.75, 3.05) is 6.54 Å². The summed E-state index contributed by atoms with van der Waals surface area (Å²) >= 11 is 0. The summed E-state index contributed by atoms with van der Waals surface area (Å²) in [5, 5.41) is 0. The molecule has 27 heavy (non-hydrogen) atoms. The molecule has 136 valence electrons. The van der Waals surface area contributed by atoms with E-state index in [4.69, 9.17) is 12.2 Å². The van der Waals surface area contributed by atoms with Gasteiger partial charge in [-0.05, 0) is 36.8 Å². The monoisotopic (exact) mass is 361 g/mol. The van der Waals surface area contributed by atoms with Gasteiger partial charge in [-0.2, -0.15) is 0 Å². The quantitative estimate of drug-likeness (QED) is 0.847. The molecule has 0 unspecified atom stereocenters. The number of nitrogens with two attached hydrogens (primary N) is 1. The molecule has 1 aliphatic heterocycles. The number of allylic oxidation sites excluding steroid dienone is 1. The van der Waals surface area contributed by atoms with Crippen molar-refractivity contribution >= 4 is 17.4 Å². The summed E-state index contributed by atoms with van der Waals surface area (Å²) in [6.45, 7) is 2.32. The highest BCUT2D eigenvalue weighted by atomic mass is 19.1. The fourth-order valence-corrected chi connectivity index (χ4v) is 3.24. The van der Waals surface area contributed by atoms with Crippen molar-refractivity contribution in [2.45, 2.75) is 19.3 Å². The van der Waals surface area contributed by atoms with Crippen LogP contribution in [0.1, 0.15) is 24.8 Å². The lowest BCUT2D eigenvalue weighted by atomic mass is 9.82. The molecular formula is C22H20FN3O. The normalized spacial score (nSPS) is 20.5. The van der Waals surface area contributed by atoms with E-state index in [1.54, 1.807) is 17.0 Å². The number of piperidine rings is 1. The van der Waals surface area contributed by atoms with Crippen LogP contribution >= 0.6 is 0 Å². The zero-order valence-corrected chi connectivity index (χ0v) is 15.0. The standard InChI is InChI=1S/C22H20FN3O/c1-3-19(24)21-18(15-10-12-16(23)13-11-15)14-20(27)26(4-2)22(21)25-17-8-6-5-7-9-17/h1,5-13,18H,4,14,24H2,2H3/b21-19-,25-22?/t18-/m0/s1. The lowest BCUT2D eigenvalue weighted by molar-refractivity contribution is -0.128. The molecule has 2 aromatic carbocycles. The van der Waals surface area contributed by atoms with Crippen molar-refractivity contribution in [1.29, 1.82) is 0 Å². The second-order valence-corrected chi connectivity index (χ2v) is 6.19. The van der Waals surface area contributed by atoms with E-state index in [1.165, 1.54) is 12.1 Å². The van der Waals surface area contributed by atoms with E-state index in [0.717, 1.165) is 5.56 Å². The summed E-state index contributed by atoms with van der Waals surface area (Å²) in [6, 6.07) is 15.3.